The van der Waals surface area contributed by atoms with Crippen molar-refractivity contribution in [3.05, 3.63) is 63.2 Å². The molecule has 2 aromatic rings. The van der Waals surface area contributed by atoms with Gasteiger partial charge in [0.2, 0.25) is 0 Å². The van der Waals surface area contributed by atoms with Crippen LogP contribution in [0.1, 0.15) is 42.7 Å². The predicted molar refractivity (Wildman–Crippen MR) is 121 cm³/mol. The van der Waals surface area contributed by atoms with Gasteiger partial charge in [-0.25, -0.2) is 10.0 Å². The molecule has 8 heteroatoms. The van der Waals surface area contributed by atoms with Crippen LogP contribution in [-0.2, 0) is 0 Å². The first kappa shape index (κ1) is 20.6. The fourth-order valence-corrected chi connectivity index (χ4v) is 5.18. The van der Waals surface area contributed by atoms with Crippen molar-refractivity contribution in [3.8, 4) is 11.5 Å². The lowest BCUT2D eigenvalue weighted by Crippen LogP contribution is -2.51. The molecule has 6 nitrogen and oxygen atoms in total. The van der Waals surface area contributed by atoms with Gasteiger partial charge in [-0.2, -0.15) is 0 Å². The average molecular weight is 460 g/mol. The quantitative estimate of drug-likeness (QED) is 0.503. The lowest BCUT2D eigenvalue weighted by molar-refractivity contribution is -0.0296. The number of phenols is 1. The number of rotatable bonds is 2. The number of hydrazine groups is 1. The van der Waals surface area contributed by atoms with Gasteiger partial charge in [0.25, 0.3) is 0 Å². The molecule has 0 radical (unpaired) electrons. The summed E-state index contributed by atoms with van der Waals surface area (Å²) in [5, 5.41) is 15.2. The van der Waals surface area contributed by atoms with Crippen molar-refractivity contribution in [1.82, 2.24) is 10.0 Å². The summed E-state index contributed by atoms with van der Waals surface area (Å²) in [6.07, 6.45) is 2.21. The molecule has 0 amide bonds. The zero-order valence-corrected chi connectivity index (χ0v) is 19.0. The molecule has 5 rings (SSSR count). The van der Waals surface area contributed by atoms with Crippen molar-refractivity contribution in [2.45, 2.75) is 32.4 Å². The summed E-state index contributed by atoms with van der Waals surface area (Å²) in [6, 6.07) is 9.34. The van der Waals surface area contributed by atoms with E-state index >= 15 is 0 Å². The second-order valence-electron chi connectivity index (χ2n) is 8.67. The normalized spacial score (nSPS) is 22.3. The van der Waals surface area contributed by atoms with Crippen molar-refractivity contribution in [1.29, 1.82) is 0 Å². The topological polar surface area (TPSA) is 56.3 Å². The van der Waals surface area contributed by atoms with Crippen LogP contribution in [-0.4, -0.2) is 46.4 Å². The Morgan fingerprint density at radius 3 is 2.58 bits per heavy atom. The Labute approximate surface area is 191 Å². The number of anilines is 1. The number of hydrogen-bond donors (Lipinski definition) is 1. The van der Waals surface area contributed by atoms with Gasteiger partial charge in [0.05, 0.1) is 24.4 Å². The molecule has 0 aromatic heterocycles. The number of fused-ring (bicyclic) bond motifs is 5. The summed E-state index contributed by atoms with van der Waals surface area (Å²) < 4.78 is 6.24. The molecule has 1 N–H and O–H groups in total. The van der Waals surface area contributed by atoms with E-state index in [1.165, 1.54) is 0 Å². The lowest BCUT2D eigenvalue weighted by Gasteiger charge is -2.48. The van der Waals surface area contributed by atoms with Crippen molar-refractivity contribution >= 4 is 34.7 Å². The van der Waals surface area contributed by atoms with Crippen molar-refractivity contribution in [3.63, 3.8) is 0 Å². The van der Waals surface area contributed by atoms with Crippen LogP contribution >= 0.6 is 23.2 Å². The zero-order chi connectivity index (χ0) is 22.1. The summed E-state index contributed by atoms with van der Waals surface area (Å²) in [5.74, 6) is 0.370. The third-order valence-electron chi connectivity index (χ3n) is 6.29. The minimum absolute atomic E-state index is 0.0565. The molecular formula is C23H23Cl2N3O3. The van der Waals surface area contributed by atoms with Gasteiger partial charge in [0, 0.05) is 23.4 Å². The number of aromatic hydroxyl groups is 1. The molecule has 1 saturated heterocycles. The number of hydrogen-bond acceptors (Lipinski definition) is 6. The molecule has 3 heterocycles. The fourth-order valence-electron chi connectivity index (χ4n) is 4.67. The Morgan fingerprint density at radius 1 is 1.19 bits per heavy atom. The maximum Gasteiger partial charge on any atom is 0.159 e. The maximum atomic E-state index is 11.6. The fraction of sp³-hybridized carbons (Fsp3) is 0.348. The van der Waals surface area contributed by atoms with Gasteiger partial charge in [-0.15, -0.1) is 0 Å². The van der Waals surface area contributed by atoms with Crippen molar-refractivity contribution in [2.24, 2.45) is 0 Å². The van der Waals surface area contributed by atoms with Gasteiger partial charge in [0.15, 0.2) is 11.5 Å². The van der Waals surface area contributed by atoms with Gasteiger partial charge in [-0.05, 0) is 56.7 Å². The molecule has 0 saturated carbocycles. The molecule has 3 aliphatic rings. The molecule has 1 unspecified atom stereocenters. The van der Waals surface area contributed by atoms with Crippen LogP contribution in [0, 0.1) is 0 Å². The van der Waals surface area contributed by atoms with Gasteiger partial charge in [0.1, 0.15) is 16.4 Å². The molecule has 1 fully saturated rings. The Hall–Kier alpha value is -2.25. The highest BCUT2D eigenvalue weighted by Gasteiger charge is 2.48. The first-order chi connectivity index (χ1) is 14.7. The number of ketones is 1. The van der Waals surface area contributed by atoms with E-state index < -0.39 is 5.60 Å². The highest BCUT2D eigenvalue weighted by atomic mass is 35.5. The van der Waals surface area contributed by atoms with E-state index in [0.29, 0.717) is 18.0 Å². The summed E-state index contributed by atoms with van der Waals surface area (Å²) in [7, 11) is 0. The Morgan fingerprint density at radius 2 is 1.90 bits per heavy atom. The van der Waals surface area contributed by atoms with Crippen LogP contribution in [0.25, 0.3) is 0 Å². The third kappa shape index (κ3) is 3.21. The standard InChI is InChI=1S/C23H23Cl2N3O3/c1-13(29)14-4-6-15(7-5-14)26-11-27-9-8-17-20(28(27)12-26)16-10-18(24)21(30)19(25)22(16)31-23(17,2)3/h4-8,10,20,30H,9,11-12H2,1-3H3. The Balaban J connectivity index is 1.54. The molecule has 31 heavy (non-hydrogen) atoms. The van der Waals surface area contributed by atoms with E-state index in [2.05, 4.69) is 21.0 Å². The Kier molecular flexibility index (Phi) is 4.75. The van der Waals surface area contributed by atoms with Crippen molar-refractivity contribution in [2.75, 3.05) is 24.8 Å². The molecule has 0 bridgehead atoms. The third-order valence-corrected chi connectivity index (χ3v) is 6.93. The molecule has 1 atom stereocenters. The van der Waals surface area contributed by atoms with E-state index in [4.69, 9.17) is 27.9 Å². The van der Waals surface area contributed by atoms with Gasteiger partial charge >= 0.3 is 0 Å². The first-order valence-electron chi connectivity index (χ1n) is 10.1. The summed E-state index contributed by atoms with van der Waals surface area (Å²) in [5.41, 5.74) is 3.16. The number of ether oxygens (including phenoxy) is 1. The van der Waals surface area contributed by atoms with Crippen LogP contribution in [0.4, 0.5) is 5.69 Å². The summed E-state index contributed by atoms with van der Waals surface area (Å²) in [4.78, 5) is 13.9. The SMILES string of the molecule is CC(=O)c1ccc(N2CN3CC=C4C(c5cc(Cl)c(O)c(Cl)c5OC4(C)C)N3C2)cc1. The van der Waals surface area contributed by atoms with Crippen LogP contribution < -0.4 is 9.64 Å². The first-order valence-corrected chi connectivity index (χ1v) is 10.9. The van der Waals surface area contributed by atoms with Gasteiger partial charge in [-0.1, -0.05) is 29.3 Å². The smallest absolute Gasteiger partial charge is 0.159 e. The van der Waals surface area contributed by atoms with Gasteiger partial charge < -0.3 is 14.7 Å². The van der Waals surface area contributed by atoms with E-state index in [0.717, 1.165) is 30.0 Å². The van der Waals surface area contributed by atoms with E-state index in [-0.39, 0.29) is 27.6 Å². The van der Waals surface area contributed by atoms with Crippen LogP contribution in [0.15, 0.2) is 42.0 Å². The monoisotopic (exact) mass is 459 g/mol. The summed E-state index contributed by atoms with van der Waals surface area (Å²) in [6.45, 7) is 7.74. The molecule has 3 aliphatic heterocycles. The molecule has 0 aliphatic carbocycles. The largest absolute Gasteiger partial charge is 0.505 e. The van der Waals surface area contributed by atoms with E-state index in [1.807, 2.05) is 38.1 Å². The lowest BCUT2D eigenvalue weighted by atomic mass is 9.82. The van der Waals surface area contributed by atoms with Crippen LogP contribution in [0.5, 0.6) is 11.5 Å². The average Bonchev–Trinajstić information content (AvgIpc) is 3.17. The van der Waals surface area contributed by atoms with Crippen LogP contribution in [0.2, 0.25) is 10.0 Å². The molecule has 0 spiro atoms. The second-order valence-corrected chi connectivity index (χ2v) is 9.45. The van der Waals surface area contributed by atoms with Gasteiger partial charge in [-0.3, -0.25) is 4.79 Å². The van der Waals surface area contributed by atoms with E-state index in [9.17, 15) is 9.90 Å². The second kappa shape index (κ2) is 7.14. The minimum Gasteiger partial charge on any atom is -0.505 e. The summed E-state index contributed by atoms with van der Waals surface area (Å²) >= 11 is 12.7. The number of nitrogens with zero attached hydrogens (tertiary/aromatic N) is 3. The predicted octanol–water partition coefficient (Wildman–Crippen LogP) is 5.01. The van der Waals surface area contributed by atoms with Crippen LogP contribution in [0.3, 0.4) is 0 Å². The molecular weight excluding hydrogens is 437 g/mol. The van der Waals surface area contributed by atoms with E-state index in [1.54, 1.807) is 13.0 Å². The zero-order valence-electron chi connectivity index (χ0n) is 17.5. The molecule has 162 valence electrons. The number of benzene rings is 2. The van der Waals surface area contributed by atoms with Crippen molar-refractivity contribution < 1.29 is 14.6 Å². The highest BCUT2D eigenvalue weighted by molar-refractivity contribution is 6.38. The number of halogens is 2. The number of carbonyl (C=O) groups is 1. The highest BCUT2D eigenvalue weighted by Crippen LogP contribution is 2.54. The number of Topliss-reactive ketones (excluding diaryl/α,β-unsaturated/α-hetero) is 1. The minimum atomic E-state index is -0.579. The Bertz CT molecular complexity index is 1110. The number of phenolic OH excluding ortho intramolecular Hbond substituents is 1. The maximum absolute atomic E-state index is 11.6. The number of carbonyl (C=O) groups excluding carboxylic acids is 1. The molecule has 2 aromatic carbocycles.